The van der Waals surface area contributed by atoms with E-state index in [4.69, 9.17) is 5.73 Å². The van der Waals surface area contributed by atoms with E-state index in [1.807, 2.05) is 0 Å². The molecule has 0 spiro atoms. The molecule has 1 saturated heterocycles. The molecule has 0 saturated carbocycles. The summed E-state index contributed by atoms with van der Waals surface area (Å²) < 4.78 is 0. The number of nitrogens with two attached hydrogens (primary N) is 1. The van der Waals surface area contributed by atoms with Gasteiger partial charge in [-0.1, -0.05) is 6.92 Å². The fourth-order valence-corrected chi connectivity index (χ4v) is 1.03. The summed E-state index contributed by atoms with van der Waals surface area (Å²) in [5.74, 6) is 0.533. The van der Waals surface area contributed by atoms with Crippen LogP contribution in [0.25, 0.3) is 0 Å². The summed E-state index contributed by atoms with van der Waals surface area (Å²) in [4.78, 5) is 10.7. The minimum Gasteiger partial charge on any atom is -0.354 e. The highest BCUT2D eigenvalue weighted by Gasteiger charge is 2.21. The third kappa shape index (κ3) is 1.42. The second kappa shape index (κ2) is 2.35. The van der Waals surface area contributed by atoms with Gasteiger partial charge >= 0.3 is 0 Å². The summed E-state index contributed by atoms with van der Waals surface area (Å²) in [5, 5.41) is 2.72. The van der Waals surface area contributed by atoms with Gasteiger partial charge in [0.2, 0.25) is 5.91 Å². The van der Waals surface area contributed by atoms with Gasteiger partial charge in [0.25, 0.3) is 0 Å². The Bertz CT molecular complexity index is 124. The van der Waals surface area contributed by atoms with Crippen molar-refractivity contribution in [3.63, 3.8) is 0 Å². The van der Waals surface area contributed by atoms with E-state index in [9.17, 15) is 4.79 Å². The van der Waals surface area contributed by atoms with Crippen LogP contribution in [0.4, 0.5) is 0 Å². The molecule has 3 nitrogen and oxygen atoms in total. The van der Waals surface area contributed by atoms with Crippen molar-refractivity contribution >= 4 is 5.91 Å². The Morgan fingerprint density at radius 1 is 1.78 bits per heavy atom. The topological polar surface area (TPSA) is 55.1 Å². The third-order valence-electron chi connectivity index (χ3n) is 1.62. The Morgan fingerprint density at radius 2 is 2.44 bits per heavy atom. The largest absolute Gasteiger partial charge is 0.354 e. The van der Waals surface area contributed by atoms with Gasteiger partial charge in [-0.05, 0) is 12.3 Å². The van der Waals surface area contributed by atoms with E-state index in [1.165, 1.54) is 0 Å². The number of rotatable bonds is 0. The summed E-state index contributed by atoms with van der Waals surface area (Å²) in [6.07, 6.45) is 0.825. The summed E-state index contributed by atoms with van der Waals surface area (Å²) in [5.41, 5.74) is 5.46. The molecule has 0 aromatic rings. The molecule has 9 heavy (non-hydrogen) atoms. The van der Waals surface area contributed by atoms with Crippen molar-refractivity contribution < 1.29 is 4.79 Å². The van der Waals surface area contributed by atoms with Gasteiger partial charge in [0, 0.05) is 6.54 Å². The molecule has 1 aliphatic rings. The van der Waals surface area contributed by atoms with E-state index in [2.05, 4.69) is 12.2 Å². The van der Waals surface area contributed by atoms with Crippen molar-refractivity contribution in [3.05, 3.63) is 0 Å². The molecule has 3 heteroatoms. The van der Waals surface area contributed by atoms with Crippen molar-refractivity contribution in [1.29, 1.82) is 0 Å². The second-order valence-electron chi connectivity index (χ2n) is 2.69. The maximum Gasteiger partial charge on any atom is 0.236 e. The molecule has 0 bridgehead atoms. The molecule has 1 heterocycles. The smallest absolute Gasteiger partial charge is 0.236 e. The Morgan fingerprint density at radius 3 is 2.89 bits per heavy atom. The van der Waals surface area contributed by atoms with E-state index in [0.29, 0.717) is 5.92 Å². The van der Waals surface area contributed by atoms with Crippen molar-refractivity contribution in [1.82, 2.24) is 5.32 Å². The van der Waals surface area contributed by atoms with Gasteiger partial charge in [-0.2, -0.15) is 0 Å². The molecule has 1 rings (SSSR count). The van der Waals surface area contributed by atoms with Gasteiger partial charge in [0.05, 0.1) is 6.04 Å². The summed E-state index contributed by atoms with van der Waals surface area (Å²) in [6, 6.07) is -0.270. The summed E-state index contributed by atoms with van der Waals surface area (Å²) in [6.45, 7) is 2.87. The van der Waals surface area contributed by atoms with Gasteiger partial charge in [0.1, 0.15) is 0 Å². The maximum atomic E-state index is 10.7. The highest BCUT2D eigenvalue weighted by Crippen LogP contribution is 2.07. The van der Waals surface area contributed by atoms with Gasteiger partial charge in [-0.3, -0.25) is 4.79 Å². The lowest BCUT2D eigenvalue weighted by Crippen LogP contribution is -2.48. The molecule has 1 aliphatic heterocycles. The Hall–Kier alpha value is -0.570. The lowest BCUT2D eigenvalue weighted by molar-refractivity contribution is -0.124. The molecule has 0 aliphatic carbocycles. The monoisotopic (exact) mass is 128 g/mol. The van der Waals surface area contributed by atoms with Crippen LogP contribution in [0.3, 0.4) is 0 Å². The van der Waals surface area contributed by atoms with Crippen molar-refractivity contribution in [2.75, 3.05) is 6.54 Å². The third-order valence-corrected chi connectivity index (χ3v) is 1.62. The number of carbonyl (C=O) groups excluding carboxylic acids is 1. The van der Waals surface area contributed by atoms with E-state index < -0.39 is 0 Å². The van der Waals surface area contributed by atoms with Crippen LogP contribution in [-0.2, 0) is 4.79 Å². The number of piperidine rings is 1. The number of nitrogens with one attached hydrogen (secondary N) is 1. The average Bonchev–Trinajstić information content (AvgIpc) is 1.80. The Balaban J connectivity index is 2.44. The van der Waals surface area contributed by atoms with Crippen LogP contribution in [0.1, 0.15) is 13.3 Å². The van der Waals surface area contributed by atoms with Crippen LogP contribution in [-0.4, -0.2) is 18.5 Å². The van der Waals surface area contributed by atoms with E-state index >= 15 is 0 Å². The van der Waals surface area contributed by atoms with E-state index in [-0.39, 0.29) is 11.9 Å². The number of amides is 1. The SMILES string of the molecule is C[C@H]1CNC(=O)[C@@H](N)C1. The standard InChI is InChI=1S/C6H12N2O/c1-4-2-5(7)6(9)8-3-4/h4-5H,2-3,7H2,1H3,(H,8,9)/t4-,5+/m1/s1. The Labute approximate surface area is 54.6 Å². The first-order valence-electron chi connectivity index (χ1n) is 3.23. The molecule has 3 N–H and O–H groups in total. The first-order chi connectivity index (χ1) is 4.20. The highest BCUT2D eigenvalue weighted by molar-refractivity contribution is 5.82. The highest BCUT2D eigenvalue weighted by atomic mass is 16.2. The molecule has 1 fully saturated rings. The fraction of sp³-hybridized carbons (Fsp3) is 0.833. The van der Waals surface area contributed by atoms with Crippen LogP contribution in [0.15, 0.2) is 0 Å². The van der Waals surface area contributed by atoms with Crippen molar-refractivity contribution in [2.45, 2.75) is 19.4 Å². The average molecular weight is 128 g/mol. The molecule has 0 aromatic carbocycles. The van der Waals surface area contributed by atoms with E-state index in [1.54, 1.807) is 0 Å². The molecule has 52 valence electrons. The molecule has 1 amide bonds. The van der Waals surface area contributed by atoms with Gasteiger partial charge in [-0.15, -0.1) is 0 Å². The van der Waals surface area contributed by atoms with E-state index in [0.717, 1.165) is 13.0 Å². The predicted octanol–water partition coefficient (Wildman–Crippen LogP) is -0.530. The van der Waals surface area contributed by atoms with Crippen molar-refractivity contribution in [2.24, 2.45) is 11.7 Å². The maximum absolute atomic E-state index is 10.7. The van der Waals surface area contributed by atoms with Crippen LogP contribution in [0.5, 0.6) is 0 Å². The number of hydrogen-bond donors (Lipinski definition) is 2. The zero-order valence-electron chi connectivity index (χ0n) is 5.55. The molecular formula is C6H12N2O. The first-order valence-corrected chi connectivity index (χ1v) is 3.23. The number of hydrogen-bond acceptors (Lipinski definition) is 2. The van der Waals surface area contributed by atoms with Crippen LogP contribution < -0.4 is 11.1 Å². The zero-order valence-corrected chi connectivity index (χ0v) is 5.55. The van der Waals surface area contributed by atoms with Crippen LogP contribution >= 0.6 is 0 Å². The predicted molar refractivity (Wildman–Crippen MR) is 34.8 cm³/mol. The molecule has 0 aromatic heterocycles. The molecular weight excluding hydrogens is 116 g/mol. The summed E-state index contributed by atoms with van der Waals surface area (Å²) >= 11 is 0. The van der Waals surface area contributed by atoms with Gasteiger partial charge in [-0.25, -0.2) is 0 Å². The lowest BCUT2D eigenvalue weighted by Gasteiger charge is -2.23. The lowest BCUT2D eigenvalue weighted by atomic mass is 9.98. The zero-order chi connectivity index (χ0) is 6.85. The van der Waals surface area contributed by atoms with Crippen molar-refractivity contribution in [3.8, 4) is 0 Å². The molecule has 2 atom stereocenters. The van der Waals surface area contributed by atoms with Crippen LogP contribution in [0, 0.1) is 5.92 Å². The summed E-state index contributed by atoms with van der Waals surface area (Å²) in [7, 11) is 0. The molecule has 0 radical (unpaired) electrons. The minimum atomic E-state index is -0.270. The van der Waals surface area contributed by atoms with Gasteiger partial charge in [0.15, 0.2) is 0 Å². The quantitative estimate of drug-likeness (QED) is 0.461. The Kier molecular flexibility index (Phi) is 1.71. The first kappa shape index (κ1) is 6.55. The normalized spacial score (nSPS) is 36.0. The number of carbonyl (C=O) groups is 1. The fourth-order valence-electron chi connectivity index (χ4n) is 1.03. The second-order valence-corrected chi connectivity index (χ2v) is 2.69. The molecule has 0 unspecified atom stereocenters. The van der Waals surface area contributed by atoms with Gasteiger partial charge < -0.3 is 11.1 Å². The minimum absolute atomic E-state index is 0.00639. The van der Waals surface area contributed by atoms with Crippen LogP contribution in [0.2, 0.25) is 0 Å².